The first kappa shape index (κ1) is 16.3. The van der Waals surface area contributed by atoms with E-state index < -0.39 is 0 Å². The van der Waals surface area contributed by atoms with Crippen LogP contribution in [-0.2, 0) is 11.2 Å². The summed E-state index contributed by atoms with van der Waals surface area (Å²) < 4.78 is 0. The number of benzene rings is 2. The molecule has 130 valence electrons. The summed E-state index contributed by atoms with van der Waals surface area (Å²) in [4.78, 5) is 14.9. The molecule has 3 nitrogen and oxygen atoms in total. The van der Waals surface area contributed by atoms with Crippen LogP contribution in [-0.4, -0.2) is 29.9 Å². The van der Waals surface area contributed by atoms with Crippen molar-refractivity contribution in [1.82, 2.24) is 4.90 Å². The molecule has 0 radical (unpaired) electrons. The SMILES string of the molecule is N[C@@H]1CN(C(=O)CC2CCCc3ccccc32)C[C@H]1c1ccccc1. The van der Waals surface area contributed by atoms with Gasteiger partial charge in [-0.1, -0.05) is 54.6 Å². The van der Waals surface area contributed by atoms with Crippen LogP contribution in [0.15, 0.2) is 54.6 Å². The molecule has 2 aromatic carbocycles. The van der Waals surface area contributed by atoms with Crippen molar-refractivity contribution < 1.29 is 4.79 Å². The molecule has 1 unspecified atom stereocenters. The first-order valence-electron chi connectivity index (χ1n) is 9.38. The molecule has 3 heteroatoms. The van der Waals surface area contributed by atoms with Crippen molar-refractivity contribution >= 4 is 5.91 Å². The fraction of sp³-hybridized carbons (Fsp3) is 0.409. The van der Waals surface area contributed by atoms with E-state index in [9.17, 15) is 4.79 Å². The van der Waals surface area contributed by atoms with Crippen molar-refractivity contribution in [3.63, 3.8) is 0 Å². The van der Waals surface area contributed by atoms with Crippen molar-refractivity contribution in [2.24, 2.45) is 5.73 Å². The number of nitrogens with zero attached hydrogens (tertiary/aromatic N) is 1. The highest BCUT2D eigenvalue weighted by Crippen LogP contribution is 2.35. The van der Waals surface area contributed by atoms with Gasteiger partial charge in [0.2, 0.25) is 5.91 Å². The third kappa shape index (κ3) is 3.34. The van der Waals surface area contributed by atoms with Gasteiger partial charge >= 0.3 is 0 Å². The van der Waals surface area contributed by atoms with Crippen LogP contribution in [0.1, 0.15) is 47.8 Å². The third-order valence-electron chi connectivity index (χ3n) is 5.86. The predicted octanol–water partition coefficient (Wildman–Crippen LogP) is 3.45. The zero-order valence-corrected chi connectivity index (χ0v) is 14.6. The van der Waals surface area contributed by atoms with Crippen LogP contribution in [0, 0.1) is 0 Å². The molecule has 1 heterocycles. The minimum Gasteiger partial charge on any atom is -0.340 e. The van der Waals surface area contributed by atoms with Crippen LogP contribution in [0.25, 0.3) is 0 Å². The summed E-state index contributed by atoms with van der Waals surface area (Å²) in [5, 5.41) is 0. The van der Waals surface area contributed by atoms with Gasteiger partial charge in [-0.3, -0.25) is 4.79 Å². The summed E-state index contributed by atoms with van der Waals surface area (Å²) in [6.07, 6.45) is 4.06. The van der Waals surface area contributed by atoms with E-state index in [0.29, 0.717) is 18.9 Å². The number of aryl methyl sites for hydroxylation is 1. The number of fused-ring (bicyclic) bond motifs is 1. The van der Waals surface area contributed by atoms with Crippen molar-refractivity contribution in [1.29, 1.82) is 0 Å². The van der Waals surface area contributed by atoms with Crippen molar-refractivity contribution in [2.45, 2.75) is 43.6 Å². The fourth-order valence-corrected chi connectivity index (χ4v) is 4.49. The Hall–Kier alpha value is -2.13. The summed E-state index contributed by atoms with van der Waals surface area (Å²) >= 11 is 0. The van der Waals surface area contributed by atoms with E-state index in [4.69, 9.17) is 5.73 Å². The monoisotopic (exact) mass is 334 g/mol. The topological polar surface area (TPSA) is 46.3 Å². The average molecular weight is 334 g/mol. The van der Waals surface area contributed by atoms with Gasteiger partial charge in [0.05, 0.1) is 0 Å². The summed E-state index contributed by atoms with van der Waals surface area (Å²) in [5.41, 5.74) is 10.4. The number of carbonyl (C=O) groups is 1. The number of hydrogen-bond donors (Lipinski definition) is 1. The third-order valence-corrected chi connectivity index (χ3v) is 5.86. The van der Waals surface area contributed by atoms with Crippen molar-refractivity contribution in [3.05, 3.63) is 71.3 Å². The minimum absolute atomic E-state index is 0.0324. The number of carbonyl (C=O) groups excluding carboxylic acids is 1. The molecule has 1 aliphatic carbocycles. The molecule has 2 N–H and O–H groups in total. The molecule has 0 spiro atoms. The van der Waals surface area contributed by atoms with E-state index in [2.05, 4.69) is 36.4 Å². The van der Waals surface area contributed by atoms with Gasteiger partial charge < -0.3 is 10.6 Å². The number of nitrogens with two attached hydrogens (primary N) is 1. The average Bonchev–Trinajstić information content (AvgIpc) is 3.05. The highest BCUT2D eigenvalue weighted by Gasteiger charge is 2.35. The first-order valence-corrected chi connectivity index (χ1v) is 9.38. The molecule has 1 aliphatic heterocycles. The molecule has 2 aliphatic rings. The number of rotatable bonds is 3. The van der Waals surface area contributed by atoms with Crippen LogP contribution < -0.4 is 5.73 Å². The lowest BCUT2D eigenvalue weighted by atomic mass is 9.81. The smallest absolute Gasteiger partial charge is 0.223 e. The van der Waals surface area contributed by atoms with Crippen LogP contribution in [0.3, 0.4) is 0 Å². The minimum atomic E-state index is 0.0324. The Balaban J connectivity index is 1.44. The van der Waals surface area contributed by atoms with E-state index in [0.717, 1.165) is 19.4 Å². The Morgan fingerprint density at radius 2 is 1.80 bits per heavy atom. The Morgan fingerprint density at radius 1 is 1.04 bits per heavy atom. The molecule has 1 saturated heterocycles. The lowest BCUT2D eigenvalue weighted by molar-refractivity contribution is -0.130. The summed E-state index contributed by atoms with van der Waals surface area (Å²) in [6.45, 7) is 1.42. The molecule has 4 rings (SSSR count). The zero-order chi connectivity index (χ0) is 17.2. The van der Waals surface area contributed by atoms with Crippen molar-refractivity contribution in [3.8, 4) is 0 Å². The molecule has 2 aromatic rings. The van der Waals surface area contributed by atoms with Gasteiger partial charge in [0.1, 0.15) is 0 Å². The highest BCUT2D eigenvalue weighted by molar-refractivity contribution is 5.78. The quantitative estimate of drug-likeness (QED) is 0.934. The summed E-state index contributed by atoms with van der Waals surface area (Å²) in [7, 11) is 0. The van der Waals surface area contributed by atoms with E-state index in [1.165, 1.54) is 23.1 Å². The Bertz CT molecular complexity index is 743. The van der Waals surface area contributed by atoms with Gasteiger partial charge in [-0.25, -0.2) is 0 Å². The maximum absolute atomic E-state index is 12.9. The van der Waals surface area contributed by atoms with Gasteiger partial charge in [0.25, 0.3) is 0 Å². The van der Waals surface area contributed by atoms with Gasteiger partial charge in [0.15, 0.2) is 0 Å². The van der Waals surface area contributed by atoms with Gasteiger partial charge in [-0.2, -0.15) is 0 Å². The van der Waals surface area contributed by atoms with E-state index in [-0.39, 0.29) is 17.9 Å². The van der Waals surface area contributed by atoms with Crippen molar-refractivity contribution in [2.75, 3.05) is 13.1 Å². The van der Waals surface area contributed by atoms with E-state index >= 15 is 0 Å². The highest BCUT2D eigenvalue weighted by atomic mass is 16.2. The van der Waals surface area contributed by atoms with Crippen LogP contribution in [0.2, 0.25) is 0 Å². The zero-order valence-electron chi connectivity index (χ0n) is 14.6. The number of amides is 1. The maximum atomic E-state index is 12.9. The molecular weight excluding hydrogens is 308 g/mol. The molecule has 1 amide bonds. The molecule has 0 aromatic heterocycles. The summed E-state index contributed by atoms with van der Waals surface area (Å²) in [5.74, 6) is 0.879. The Kier molecular flexibility index (Phi) is 4.58. The maximum Gasteiger partial charge on any atom is 0.223 e. The molecule has 0 saturated carbocycles. The van der Waals surface area contributed by atoms with Crippen LogP contribution in [0.4, 0.5) is 0 Å². The van der Waals surface area contributed by atoms with Gasteiger partial charge in [-0.15, -0.1) is 0 Å². The molecular formula is C22H26N2O. The van der Waals surface area contributed by atoms with Crippen LogP contribution in [0.5, 0.6) is 0 Å². The normalized spacial score (nSPS) is 25.6. The largest absolute Gasteiger partial charge is 0.340 e. The second-order valence-electron chi connectivity index (χ2n) is 7.47. The Labute approximate surface area is 149 Å². The number of likely N-dealkylation sites (tertiary alicyclic amines) is 1. The van der Waals surface area contributed by atoms with Crippen LogP contribution >= 0.6 is 0 Å². The molecule has 0 bridgehead atoms. The van der Waals surface area contributed by atoms with E-state index in [1.807, 2.05) is 23.1 Å². The van der Waals surface area contributed by atoms with Gasteiger partial charge in [0, 0.05) is 31.5 Å². The predicted molar refractivity (Wildman–Crippen MR) is 100 cm³/mol. The molecule has 3 atom stereocenters. The van der Waals surface area contributed by atoms with Gasteiger partial charge in [-0.05, 0) is 41.9 Å². The number of hydrogen-bond acceptors (Lipinski definition) is 2. The fourth-order valence-electron chi connectivity index (χ4n) is 4.49. The van der Waals surface area contributed by atoms with E-state index in [1.54, 1.807) is 0 Å². The second kappa shape index (κ2) is 7.01. The lowest BCUT2D eigenvalue weighted by Crippen LogP contribution is -2.33. The lowest BCUT2D eigenvalue weighted by Gasteiger charge is -2.27. The summed E-state index contributed by atoms with van der Waals surface area (Å²) in [6, 6.07) is 19.0. The Morgan fingerprint density at radius 3 is 2.64 bits per heavy atom. The first-order chi connectivity index (χ1) is 12.2. The molecule has 1 fully saturated rings. The molecule has 25 heavy (non-hydrogen) atoms. The second-order valence-corrected chi connectivity index (χ2v) is 7.47. The standard InChI is InChI=1S/C22H26N2O/c23-21-15-24(14-20(21)17-7-2-1-3-8-17)22(25)13-18-11-6-10-16-9-4-5-12-19(16)18/h1-5,7-9,12,18,20-21H,6,10-11,13-15,23H2/t18?,20-,21+/m0/s1.